The number of fused-ring (bicyclic) bond motifs is 1. The summed E-state index contributed by atoms with van der Waals surface area (Å²) in [5.74, 6) is 1.36. The Kier molecular flexibility index (Phi) is 4.08. The maximum Gasteiger partial charge on any atom is 0.225 e. The number of aryl methyl sites for hydroxylation is 3. The lowest BCUT2D eigenvalue weighted by Crippen LogP contribution is -2.16. The van der Waals surface area contributed by atoms with Crippen LogP contribution in [0.15, 0.2) is 12.3 Å². The Morgan fingerprint density at radius 1 is 1.33 bits per heavy atom. The van der Waals surface area contributed by atoms with E-state index in [2.05, 4.69) is 27.4 Å². The standard InChI is InChI=1S/C19H24N4O/c1-12-10-11-20-19(18(12)13-6-7-13)21-17(24)9-8-16-14-4-2-3-5-15(14)22-23-16/h10-11,13H,2-9H2,1H3,(H,22,23)(H,20,21,24). The maximum atomic E-state index is 12.4. The Hall–Kier alpha value is -2.17. The second-order valence-corrected chi connectivity index (χ2v) is 7.05. The van der Waals surface area contributed by atoms with Crippen LogP contribution < -0.4 is 5.32 Å². The number of aromatic amines is 1. The Morgan fingerprint density at radius 3 is 3.00 bits per heavy atom. The van der Waals surface area contributed by atoms with E-state index in [1.54, 1.807) is 6.20 Å². The fourth-order valence-corrected chi connectivity index (χ4v) is 3.74. The first-order valence-electron chi connectivity index (χ1n) is 9.02. The van der Waals surface area contributed by atoms with Crippen molar-refractivity contribution in [3.63, 3.8) is 0 Å². The highest BCUT2D eigenvalue weighted by Gasteiger charge is 2.29. The summed E-state index contributed by atoms with van der Waals surface area (Å²) in [5.41, 5.74) is 6.14. The lowest BCUT2D eigenvalue weighted by Gasteiger charge is -2.12. The van der Waals surface area contributed by atoms with Crippen molar-refractivity contribution in [3.05, 3.63) is 40.3 Å². The zero-order valence-corrected chi connectivity index (χ0v) is 14.2. The molecule has 2 aliphatic carbocycles. The minimum atomic E-state index is 0.0301. The minimum absolute atomic E-state index is 0.0301. The third-order valence-electron chi connectivity index (χ3n) is 5.18. The lowest BCUT2D eigenvalue weighted by molar-refractivity contribution is -0.116. The van der Waals surface area contributed by atoms with Gasteiger partial charge in [-0.05, 0) is 68.6 Å². The van der Waals surface area contributed by atoms with Gasteiger partial charge in [0.05, 0.1) is 5.69 Å². The van der Waals surface area contributed by atoms with E-state index in [1.165, 1.54) is 48.1 Å². The number of H-pyrrole nitrogens is 1. The van der Waals surface area contributed by atoms with Gasteiger partial charge in [-0.2, -0.15) is 5.10 Å². The summed E-state index contributed by atoms with van der Waals surface area (Å²) in [6.45, 7) is 2.10. The third kappa shape index (κ3) is 3.07. The van der Waals surface area contributed by atoms with Crippen LogP contribution in [0.25, 0.3) is 0 Å². The van der Waals surface area contributed by atoms with Gasteiger partial charge in [0.15, 0.2) is 0 Å². The number of aromatic nitrogens is 3. The van der Waals surface area contributed by atoms with Crippen molar-refractivity contribution in [1.29, 1.82) is 0 Å². The molecule has 2 heterocycles. The van der Waals surface area contributed by atoms with Gasteiger partial charge < -0.3 is 5.32 Å². The van der Waals surface area contributed by atoms with Gasteiger partial charge in [-0.25, -0.2) is 4.98 Å². The highest BCUT2D eigenvalue weighted by molar-refractivity contribution is 5.90. The molecule has 5 heteroatoms. The molecule has 0 atom stereocenters. The number of hydrogen-bond donors (Lipinski definition) is 2. The van der Waals surface area contributed by atoms with Crippen molar-refractivity contribution in [1.82, 2.24) is 15.2 Å². The fraction of sp³-hybridized carbons (Fsp3) is 0.526. The summed E-state index contributed by atoms with van der Waals surface area (Å²) in [6, 6.07) is 2.03. The number of carbonyl (C=O) groups excluding carboxylic acids is 1. The number of amides is 1. The van der Waals surface area contributed by atoms with Crippen LogP contribution >= 0.6 is 0 Å². The molecule has 1 saturated carbocycles. The second-order valence-electron chi connectivity index (χ2n) is 7.05. The lowest BCUT2D eigenvalue weighted by atomic mass is 9.94. The van der Waals surface area contributed by atoms with Crippen molar-refractivity contribution in [2.75, 3.05) is 5.32 Å². The second kappa shape index (κ2) is 6.38. The fourth-order valence-electron chi connectivity index (χ4n) is 3.74. The zero-order valence-electron chi connectivity index (χ0n) is 14.2. The topological polar surface area (TPSA) is 70.7 Å². The molecule has 2 aromatic heterocycles. The van der Waals surface area contributed by atoms with Gasteiger partial charge in [0.1, 0.15) is 5.82 Å². The Labute approximate surface area is 142 Å². The average Bonchev–Trinajstić information content (AvgIpc) is 3.33. The summed E-state index contributed by atoms with van der Waals surface area (Å²) in [5, 5.41) is 10.6. The molecule has 0 unspecified atom stereocenters. The van der Waals surface area contributed by atoms with E-state index in [1.807, 2.05) is 6.07 Å². The molecule has 2 aliphatic rings. The molecule has 0 saturated heterocycles. The smallest absolute Gasteiger partial charge is 0.225 e. The van der Waals surface area contributed by atoms with E-state index >= 15 is 0 Å². The van der Waals surface area contributed by atoms with Crippen LogP contribution in [-0.4, -0.2) is 21.1 Å². The van der Waals surface area contributed by atoms with Crippen LogP contribution in [0.2, 0.25) is 0 Å². The highest BCUT2D eigenvalue weighted by Crippen LogP contribution is 2.44. The van der Waals surface area contributed by atoms with Crippen LogP contribution in [0.3, 0.4) is 0 Å². The van der Waals surface area contributed by atoms with Gasteiger partial charge in [0, 0.05) is 30.3 Å². The maximum absolute atomic E-state index is 12.4. The summed E-state index contributed by atoms with van der Waals surface area (Å²) < 4.78 is 0. The Bertz CT molecular complexity index is 761. The first-order chi connectivity index (χ1) is 11.7. The van der Waals surface area contributed by atoms with E-state index in [0.29, 0.717) is 18.8 Å². The SMILES string of the molecule is Cc1ccnc(NC(=O)CCc2n[nH]c3c2CCCC3)c1C1CC1. The molecule has 0 spiro atoms. The number of hydrogen-bond acceptors (Lipinski definition) is 3. The van der Waals surface area contributed by atoms with Gasteiger partial charge in [0.25, 0.3) is 0 Å². The van der Waals surface area contributed by atoms with Crippen LogP contribution in [0.5, 0.6) is 0 Å². The number of nitrogens with one attached hydrogen (secondary N) is 2. The molecule has 5 nitrogen and oxygen atoms in total. The Morgan fingerprint density at radius 2 is 2.17 bits per heavy atom. The normalized spacial score (nSPS) is 16.7. The minimum Gasteiger partial charge on any atom is -0.310 e. The molecule has 4 rings (SSSR count). The molecular weight excluding hydrogens is 300 g/mol. The summed E-state index contributed by atoms with van der Waals surface area (Å²) in [6.07, 6.45) is 9.98. The van der Waals surface area contributed by atoms with E-state index in [-0.39, 0.29) is 5.91 Å². The predicted molar refractivity (Wildman–Crippen MR) is 93.1 cm³/mol. The van der Waals surface area contributed by atoms with Gasteiger partial charge in [-0.1, -0.05) is 0 Å². The van der Waals surface area contributed by atoms with Crippen molar-refractivity contribution in [3.8, 4) is 0 Å². The summed E-state index contributed by atoms with van der Waals surface area (Å²) in [4.78, 5) is 16.8. The van der Waals surface area contributed by atoms with Crippen molar-refractivity contribution < 1.29 is 4.79 Å². The van der Waals surface area contributed by atoms with Crippen LogP contribution in [0.4, 0.5) is 5.82 Å². The monoisotopic (exact) mass is 324 g/mol. The largest absolute Gasteiger partial charge is 0.310 e. The van der Waals surface area contributed by atoms with Crippen molar-refractivity contribution >= 4 is 11.7 Å². The molecule has 2 aromatic rings. The first kappa shape index (κ1) is 15.4. The number of anilines is 1. The molecule has 0 radical (unpaired) electrons. The molecule has 24 heavy (non-hydrogen) atoms. The quantitative estimate of drug-likeness (QED) is 0.885. The number of pyridine rings is 1. The van der Waals surface area contributed by atoms with Gasteiger partial charge in [-0.15, -0.1) is 0 Å². The van der Waals surface area contributed by atoms with Crippen LogP contribution in [0, 0.1) is 6.92 Å². The molecule has 126 valence electrons. The summed E-state index contributed by atoms with van der Waals surface area (Å²) >= 11 is 0. The van der Waals surface area contributed by atoms with E-state index < -0.39 is 0 Å². The number of nitrogens with zero attached hydrogens (tertiary/aromatic N) is 2. The van der Waals surface area contributed by atoms with Crippen LogP contribution in [-0.2, 0) is 24.1 Å². The van der Waals surface area contributed by atoms with E-state index in [4.69, 9.17) is 0 Å². The van der Waals surface area contributed by atoms with Gasteiger partial charge in [0.2, 0.25) is 5.91 Å². The van der Waals surface area contributed by atoms with Crippen molar-refractivity contribution in [2.45, 2.75) is 64.2 Å². The summed E-state index contributed by atoms with van der Waals surface area (Å²) in [7, 11) is 0. The average molecular weight is 324 g/mol. The molecule has 0 aromatic carbocycles. The molecule has 1 fully saturated rings. The van der Waals surface area contributed by atoms with Gasteiger partial charge >= 0.3 is 0 Å². The highest BCUT2D eigenvalue weighted by atomic mass is 16.1. The zero-order chi connectivity index (χ0) is 16.5. The molecule has 1 amide bonds. The van der Waals surface area contributed by atoms with E-state index in [0.717, 1.165) is 24.4 Å². The van der Waals surface area contributed by atoms with E-state index in [9.17, 15) is 4.79 Å². The third-order valence-corrected chi connectivity index (χ3v) is 5.18. The van der Waals surface area contributed by atoms with Gasteiger partial charge in [-0.3, -0.25) is 9.89 Å². The van der Waals surface area contributed by atoms with Crippen LogP contribution in [0.1, 0.15) is 66.1 Å². The molecule has 0 bridgehead atoms. The van der Waals surface area contributed by atoms with Crippen molar-refractivity contribution in [2.24, 2.45) is 0 Å². The predicted octanol–water partition coefficient (Wildman–Crippen LogP) is 3.44. The molecule has 0 aliphatic heterocycles. The number of rotatable bonds is 5. The number of carbonyl (C=O) groups is 1. The molecule has 2 N–H and O–H groups in total. The molecular formula is C19H24N4O. The Balaban J connectivity index is 1.41. The first-order valence-corrected chi connectivity index (χ1v) is 9.02.